The summed E-state index contributed by atoms with van der Waals surface area (Å²) in [6, 6.07) is 4.73. The average Bonchev–Trinajstić information content (AvgIpc) is 3.41. The van der Waals surface area contributed by atoms with Gasteiger partial charge in [-0.1, -0.05) is 0 Å². The number of carboxylic acid groups (broad SMARTS) is 2. The first-order valence-electron chi connectivity index (χ1n) is 11.5. The summed E-state index contributed by atoms with van der Waals surface area (Å²) in [6.45, 7) is 3.11. The van der Waals surface area contributed by atoms with Crippen molar-refractivity contribution in [1.29, 1.82) is 5.26 Å². The standard InChI is InChI=1S/C22H30N5O11P/c1-20(2,18(30)31)9-36-39(34,37-10-21(3,4)19(32)33)35-7-13-15(28)16(29)22(8-23,38-13)14-6-5-12-17(24)25-11-26-27(12)14/h5-6,11,13,15-16,28-29H,7,9-10H2,1-4H3,(H,30,31)(H,32,33)(H2,24,25,26)/t13-,15-,16-,22+/m1/s1. The van der Waals surface area contributed by atoms with Crippen LogP contribution in [0.4, 0.5) is 5.82 Å². The second-order valence-electron chi connectivity index (χ2n) is 10.3. The van der Waals surface area contributed by atoms with Gasteiger partial charge in [-0.05, 0) is 39.8 Å². The van der Waals surface area contributed by atoms with Crippen molar-refractivity contribution in [2.24, 2.45) is 10.8 Å². The zero-order valence-electron chi connectivity index (χ0n) is 21.5. The van der Waals surface area contributed by atoms with Crippen molar-refractivity contribution in [3.63, 3.8) is 0 Å². The van der Waals surface area contributed by atoms with Gasteiger partial charge in [0.1, 0.15) is 36.2 Å². The molecule has 0 spiro atoms. The van der Waals surface area contributed by atoms with Crippen LogP contribution in [0.15, 0.2) is 18.5 Å². The molecule has 1 fully saturated rings. The largest absolute Gasteiger partial charge is 0.481 e. The monoisotopic (exact) mass is 571 g/mol. The number of rotatable bonds is 12. The van der Waals surface area contributed by atoms with E-state index < -0.39 is 74.3 Å². The third-order valence-corrected chi connectivity index (χ3v) is 7.56. The zero-order valence-corrected chi connectivity index (χ0v) is 22.4. The summed E-state index contributed by atoms with van der Waals surface area (Å²) in [4.78, 5) is 26.8. The van der Waals surface area contributed by atoms with Gasteiger partial charge in [0, 0.05) is 0 Å². The lowest BCUT2D eigenvalue weighted by molar-refractivity contribution is -0.149. The number of carboxylic acids is 2. The molecule has 214 valence electrons. The Labute approximate surface area is 222 Å². The van der Waals surface area contributed by atoms with E-state index in [1.54, 1.807) is 0 Å². The highest BCUT2D eigenvalue weighted by Gasteiger charge is 2.58. The van der Waals surface area contributed by atoms with Gasteiger partial charge in [0.15, 0.2) is 5.82 Å². The molecule has 0 aliphatic carbocycles. The number of nitrogen functional groups attached to an aromatic ring is 1. The van der Waals surface area contributed by atoms with E-state index in [4.69, 9.17) is 24.0 Å². The molecule has 0 unspecified atom stereocenters. The molecule has 0 aromatic carbocycles. The lowest BCUT2D eigenvalue weighted by Crippen LogP contribution is -2.41. The fourth-order valence-corrected chi connectivity index (χ4v) is 4.95. The minimum absolute atomic E-state index is 0.0187. The highest BCUT2D eigenvalue weighted by Crippen LogP contribution is 2.52. The van der Waals surface area contributed by atoms with Crippen LogP contribution in [0.2, 0.25) is 0 Å². The van der Waals surface area contributed by atoms with Crippen molar-refractivity contribution in [2.45, 2.75) is 51.6 Å². The number of phosphoric ester groups is 1. The fourth-order valence-electron chi connectivity index (χ4n) is 3.43. The van der Waals surface area contributed by atoms with Crippen LogP contribution in [0.1, 0.15) is 33.4 Å². The number of hydrogen-bond donors (Lipinski definition) is 5. The van der Waals surface area contributed by atoms with Crippen molar-refractivity contribution in [1.82, 2.24) is 14.6 Å². The van der Waals surface area contributed by atoms with E-state index in [0.29, 0.717) is 5.52 Å². The summed E-state index contributed by atoms with van der Waals surface area (Å²) < 4.78 is 36.1. The number of ether oxygens (including phenoxy) is 1. The molecule has 0 radical (unpaired) electrons. The number of hydrogen-bond acceptors (Lipinski definition) is 13. The number of nitrogens with two attached hydrogens (primary N) is 1. The quantitative estimate of drug-likeness (QED) is 0.218. The first-order valence-corrected chi connectivity index (χ1v) is 13.0. The average molecular weight is 571 g/mol. The van der Waals surface area contributed by atoms with E-state index in [1.165, 1.54) is 44.3 Å². The molecule has 4 atom stereocenters. The fraction of sp³-hybridized carbons (Fsp3) is 0.591. The number of aromatic nitrogens is 3. The number of aliphatic hydroxyl groups is 2. The minimum atomic E-state index is -4.67. The number of aliphatic hydroxyl groups excluding tert-OH is 2. The first-order chi connectivity index (χ1) is 18.0. The van der Waals surface area contributed by atoms with Crippen LogP contribution in [0.25, 0.3) is 5.52 Å². The molecule has 2 aromatic heterocycles. The molecule has 39 heavy (non-hydrogen) atoms. The Hall–Kier alpha value is -3.16. The Bertz CT molecular complexity index is 1310. The lowest BCUT2D eigenvalue weighted by Gasteiger charge is -2.27. The number of phosphoric acid groups is 1. The highest BCUT2D eigenvalue weighted by molar-refractivity contribution is 7.48. The van der Waals surface area contributed by atoms with Crippen LogP contribution in [0.3, 0.4) is 0 Å². The lowest BCUT2D eigenvalue weighted by atomic mass is 9.92. The Morgan fingerprint density at radius 1 is 1.15 bits per heavy atom. The molecular weight excluding hydrogens is 541 g/mol. The first kappa shape index (κ1) is 30.4. The van der Waals surface area contributed by atoms with Crippen molar-refractivity contribution < 1.29 is 52.9 Å². The van der Waals surface area contributed by atoms with E-state index in [0.717, 1.165) is 6.33 Å². The zero-order chi connectivity index (χ0) is 29.4. The number of aliphatic carboxylic acids is 2. The number of fused-ring (bicyclic) bond motifs is 1. The summed E-state index contributed by atoms with van der Waals surface area (Å²) in [7, 11) is -4.67. The van der Waals surface area contributed by atoms with Gasteiger partial charge in [0.25, 0.3) is 0 Å². The number of nitriles is 1. The predicted octanol–water partition coefficient (Wildman–Crippen LogP) is 0.530. The van der Waals surface area contributed by atoms with Gasteiger partial charge >= 0.3 is 19.8 Å². The molecule has 3 rings (SSSR count). The molecule has 3 heterocycles. The third kappa shape index (κ3) is 5.89. The Kier molecular flexibility index (Phi) is 8.40. The molecule has 1 saturated heterocycles. The van der Waals surface area contributed by atoms with Crippen LogP contribution >= 0.6 is 7.82 Å². The number of nitrogens with zero attached hydrogens (tertiary/aromatic N) is 4. The Morgan fingerprint density at radius 2 is 1.72 bits per heavy atom. The van der Waals surface area contributed by atoms with Crippen molar-refractivity contribution in [3.05, 3.63) is 24.2 Å². The van der Waals surface area contributed by atoms with Gasteiger partial charge in [0.05, 0.1) is 36.3 Å². The van der Waals surface area contributed by atoms with Crippen LogP contribution in [0, 0.1) is 22.2 Å². The molecule has 17 heteroatoms. The Morgan fingerprint density at radius 3 is 2.23 bits per heavy atom. The number of carbonyl (C=O) groups is 2. The summed E-state index contributed by atoms with van der Waals surface area (Å²) in [5, 5.41) is 54.3. The van der Waals surface area contributed by atoms with Gasteiger partial charge in [-0.2, -0.15) is 10.4 Å². The van der Waals surface area contributed by atoms with E-state index in [-0.39, 0.29) is 11.5 Å². The molecule has 0 amide bonds. The van der Waals surface area contributed by atoms with Crippen LogP contribution in [0.5, 0.6) is 0 Å². The summed E-state index contributed by atoms with van der Waals surface area (Å²) in [5.74, 6) is -2.47. The van der Waals surface area contributed by atoms with Crippen molar-refractivity contribution in [3.8, 4) is 6.07 Å². The van der Waals surface area contributed by atoms with Crippen LogP contribution in [-0.2, 0) is 38.1 Å². The maximum Gasteiger partial charge on any atom is 0.474 e. The van der Waals surface area contributed by atoms with E-state index >= 15 is 0 Å². The summed E-state index contributed by atoms with van der Waals surface area (Å²) >= 11 is 0. The smallest absolute Gasteiger partial charge is 0.474 e. The molecule has 1 aliphatic rings. The predicted molar refractivity (Wildman–Crippen MR) is 130 cm³/mol. The van der Waals surface area contributed by atoms with Gasteiger partial charge in [-0.3, -0.25) is 23.2 Å². The minimum Gasteiger partial charge on any atom is -0.481 e. The van der Waals surface area contributed by atoms with E-state index in [1.807, 2.05) is 6.07 Å². The molecular formula is C22H30N5O11P. The second kappa shape index (κ2) is 10.8. The topological polar surface area (TPSA) is 249 Å². The van der Waals surface area contributed by atoms with Crippen molar-refractivity contribution >= 4 is 31.1 Å². The molecule has 6 N–H and O–H groups in total. The maximum atomic E-state index is 13.4. The van der Waals surface area contributed by atoms with Gasteiger partial charge < -0.3 is 30.9 Å². The normalized spacial score (nSPS) is 24.1. The molecule has 2 aromatic rings. The summed E-state index contributed by atoms with van der Waals surface area (Å²) in [5.41, 5.74) is 0.939. The van der Waals surface area contributed by atoms with Gasteiger partial charge in [-0.25, -0.2) is 14.1 Å². The highest BCUT2D eigenvalue weighted by atomic mass is 31.2. The van der Waals surface area contributed by atoms with E-state index in [2.05, 4.69) is 10.1 Å². The van der Waals surface area contributed by atoms with E-state index in [9.17, 15) is 39.8 Å². The van der Waals surface area contributed by atoms with Crippen LogP contribution in [-0.4, -0.2) is 85.1 Å². The number of anilines is 1. The Balaban J connectivity index is 1.85. The molecule has 16 nitrogen and oxygen atoms in total. The summed E-state index contributed by atoms with van der Waals surface area (Å²) in [6.07, 6.45) is -3.92. The van der Waals surface area contributed by atoms with Crippen molar-refractivity contribution in [2.75, 3.05) is 25.6 Å². The molecule has 0 bridgehead atoms. The molecule has 1 aliphatic heterocycles. The maximum absolute atomic E-state index is 13.4. The van der Waals surface area contributed by atoms with Gasteiger partial charge in [0.2, 0.25) is 5.60 Å². The third-order valence-electron chi connectivity index (χ3n) is 6.21. The van der Waals surface area contributed by atoms with Crippen LogP contribution < -0.4 is 5.73 Å². The SMILES string of the molecule is CC(C)(COP(=O)(OC[C@H]1O[C@@](C#N)(c2ccc3c(N)ncnn23)[C@H](O)[C@@H]1O)OCC(C)(C)C(=O)O)C(=O)O. The van der Waals surface area contributed by atoms with Gasteiger partial charge in [-0.15, -0.1) is 0 Å². The second-order valence-corrected chi connectivity index (χ2v) is 11.9. The molecule has 0 saturated carbocycles.